The molecule has 9 heteroatoms. The van der Waals surface area contributed by atoms with Crippen LogP contribution in [0.3, 0.4) is 0 Å². The number of nitrogens with two attached hydrogens (primary N) is 1. The van der Waals surface area contributed by atoms with E-state index < -0.39 is 0 Å². The van der Waals surface area contributed by atoms with Gasteiger partial charge >= 0.3 is 0 Å². The second-order valence-corrected chi connectivity index (χ2v) is 5.91. The van der Waals surface area contributed by atoms with Gasteiger partial charge < -0.3 is 15.6 Å². The lowest BCUT2D eigenvalue weighted by Crippen LogP contribution is -2.03. The lowest BCUT2D eigenvalue weighted by Gasteiger charge is -2.10. The van der Waals surface area contributed by atoms with Gasteiger partial charge in [0.2, 0.25) is 5.95 Å². The average Bonchev–Trinajstić information content (AvgIpc) is 3.23. The molecule has 25 heavy (non-hydrogen) atoms. The molecule has 4 rings (SSSR count). The van der Waals surface area contributed by atoms with Crippen LogP contribution in [-0.2, 0) is 0 Å². The molecular formula is C16H17N9. The van der Waals surface area contributed by atoms with E-state index in [0.29, 0.717) is 29.1 Å². The number of nitrogen functional groups attached to an aromatic ring is 1. The molecule has 0 fully saturated rings. The van der Waals surface area contributed by atoms with E-state index in [1.54, 1.807) is 24.8 Å². The minimum absolute atomic E-state index is 0.301. The van der Waals surface area contributed by atoms with Crippen LogP contribution in [0.1, 0.15) is 19.9 Å². The maximum absolute atomic E-state index is 6.12. The molecule has 126 valence electrons. The smallest absolute Gasteiger partial charge is 0.229 e. The van der Waals surface area contributed by atoms with Gasteiger partial charge in [-0.2, -0.15) is 10.1 Å². The summed E-state index contributed by atoms with van der Waals surface area (Å²) in [6.45, 7) is 4.21. The third kappa shape index (κ3) is 2.75. The number of H-pyrrole nitrogens is 1. The highest BCUT2D eigenvalue weighted by atomic mass is 15.2. The average molecular weight is 335 g/mol. The zero-order valence-electron chi connectivity index (χ0n) is 13.8. The molecule has 0 radical (unpaired) electrons. The predicted octanol–water partition coefficient (Wildman–Crippen LogP) is 2.52. The van der Waals surface area contributed by atoms with Crippen LogP contribution in [0.5, 0.6) is 0 Å². The van der Waals surface area contributed by atoms with Gasteiger partial charge in [-0.3, -0.25) is 10.1 Å². The van der Waals surface area contributed by atoms with E-state index in [4.69, 9.17) is 5.73 Å². The summed E-state index contributed by atoms with van der Waals surface area (Å²) in [5.74, 6) is 0.749. The Morgan fingerprint density at radius 2 is 2.04 bits per heavy atom. The Hall–Kier alpha value is -3.49. The van der Waals surface area contributed by atoms with Crippen molar-refractivity contribution in [3.8, 4) is 11.3 Å². The molecule has 4 N–H and O–H groups in total. The van der Waals surface area contributed by atoms with E-state index in [-0.39, 0.29) is 0 Å². The van der Waals surface area contributed by atoms with Crippen LogP contribution in [0.15, 0.2) is 37.2 Å². The summed E-state index contributed by atoms with van der Waals surface area (Å²) in [4.78, 5) is 17.4. The van der Waals surface area contributed by atoms with Crippen molar-refractivity contribution in [1.82, 2.24) is 34.7 Å². The molecule has 4 aromatic rings. The van der Waals surface area contributed by atoms with Crippen molar-refractivity contribution < 1.29 is 0 Å². The van der Waals surface area contributed by atoms with Gasteiger partial charge in [-0.1, -0.05) is 0 Å². The number of rotatable bonds is 4. The number of nitrogens with zero attached hydrogens (tertiary/aromatic N) is 6. The molecule has 0 spiro atoms. The molecule has 0 aliphatic rings. The highest BCUT2D eigenvalue weighted by Crippen LogP contribution is 2.27. The number of fused-ring (bicyclic) bond motifs is 1. The molecule has 0 unspecified atom stereocenters. The Morgan fingerprint density at radius 1 is 1.16 bits per heavy atom. The first-order valence-corrected chi connectivity index (χ1v) is 7.83. The van der Waals surface area contributed by atoms with Gasteiger partial charge in [-0.05, 0) is 19.9 Å². The molecule has 0 saturated heterocycles. The monoisotopic (exact) mass is 335 g/mol. The number of nitrogens with one attached hydrogen (secondary N) is 2. The molecule has 0 amide bonds. The van der Waals surface area contributed by atoms with Crippen molar-refractivity contribution in [2.75, 3.05) is 11.1 Å². The van der Waals surface area contributed by atoms with Crippen LogP contribution >= 0.6 is 0 Å². The molecule has 9 nitrogen and oxygen atoms in total. The number of anilines is 3. The number of hydrogen-bond acceptors (Lipinski definition) is 7. The largest absolute Gasteiger partial charge is 0.383 e. The van der Waals surface area contributed by atoms with Crippen LogP contribution in [0, 0.1) is 0 Å². The summed E-state index contributed by atoms with van der Waals surface area (Å²) in [5, 5.41) is 9.60. The molecule has 0 atom stereocenters. The molecule has 4 heterocycles. The summed E-state index contributed by atoms with van der Waals surface area (Å²) in [7, 11) is 0. The van der Waals surface area contributed by atoms with E-state index in [1.807, 2.05) is 12.4 Å². The molecule has 0 aliphatic carbocycles. The summed E-state index contributed by atoms with van der Waals surface area (Å²) in [6, 6.07) is 2.26. The van der Waals surface area contributed by atoms with Crippen molar-refractivity contribution in [3.05, 3.63) is 37.2 Å². The third-order valence-electron chi connectivity index (χ3n) is 3.87. The number of aromatic nitrogens is 7. The number of pyridine rings is 1. The SMILES string of the molecule is CC(C)n1cnc2cnc(-c3cnc(Nc4cn[nH]c4)nc3N)cc21. The Labute approximate surface area is 143 Å². The zero-order valence-corrected chi connectivity index (χ0v) is 13.8. The number of hydrogen-bond donors (Lipinski definition) is 3. The van der Waals surface area contributed by atoms with Gasteiger partial charge in [-0.25, -0.2) is 9.97 Å². The first-order valence-electron chi connectivity index (χ1n) is 7.83. The maximum atomic E-state index is 6.12. The summed E-state index contributed by atoms with van der Waals surface area (Å²) in [5.41, 5.74) is 10.1. The predicted molar refractivity (Wildman–Crippen MR) is 95.2 cm³/mol. The molecule has 4 aromatic heterocycles. The molecule has 0 saturated carbocycles. The fraction of sp³-hybridized carbons (Fsp3) is 0.188. The van der Waals surface area contributed by atoms with Gasteiger partial charge in [0, 0.05) is 18.4 Å². The van der Waals surface area contributed by atoms with Crippen LogP contribution < -0.4 is 11.1 Å². The second-order valence-electron chi connectivity index (χ2n) is 5.91. The fourth-order valence-electron chi connectivity index (χ4n) is 2.59. The Morgan fingerprint density at radius 3 is 2.76 bits per heavy atom. The van der Waals surface area contributed by atoms with Gasteiger partial charge in [0.05, 0.1) is 41.2 Å². The van der Waals surface area contributed by atoms with Crippen molar-refractivity contribution in [2.24, 2.45) is 0 Å². The van der Waals surface area contributed by atoms with E-state index in [9.17, 15) is 0 Å². The minimum Gasteiger partial charge on any atom is -0.383 e. The Balaban J connectivity index is 1.71. The Kier molecular flexibility index (Phi) is 3.53. The lowest BCUT2D eigenvalue weighted by molar-refractivity contribution is 0.617. The molecule has 0 aromatic carbocycles. The maximum Gasteiger partial charge on any atom is 0.229 e. The van der Waals surface area contributed by atoms with Gasteiger partial charge in [0.25, 0.3) is 0 Å². The van der Waals surface area contributed by atoms with E-state index in [0.717, 1.165) is 16.7 Å². The van der Waals surface area contributed by atoms with E-state index in [1.165, 1.54) is 0 Å². The second kappa shape index (κ2) is 5.86. The van der Waals surface area contributed by atoms with Crippen molar-refractivity contribution in [1.29, 1.82) is 0 Å². The highest BCUT2D eigenvalue weighted by molar-refractivity contribution is 5.82. The molecule has 0 aliphatic heterocycles. The number of aromatic amines is 1. The number of imidazole rings is 1. The van der Waals surface area contributed by atoms with Crippen molar-refractivity contribution in [2.45, 2.75) is 19.9 Å². The molecular weight excluding hydrogens is 318 g/mol. The summed E-state index contributed by atoms with van der Waals surface area (Å²) < 4.78 is 2.09. The molecule has 0 bridgehead atoms. The lowest BCUT2D eigenvalue weighted by atomic mass is 10.2. The Bertz CT molecular complexity index is 1020. The van der Waals surface area contributed by atoms with Crippen molar-refractivity contribution >= 4 is 28.5 Å². The van der Waals surface area contributed by atoms with Gasteiger partial charge in [0.1, 0.15) is 11.3 Å². The summed E-state index contributed by atoms with van der Waals surface area (Å²) >= 11 is 0. The van der Waals surface area contributed by atoms with Gasteiger partial charge in [0.15, 0.2) is 0 Å². The van der Waals surface area contributed by atoms with Crippen LogP contribution in [0.2, 0.25) is 0 Å². The quantitative estimate of drug-likeness (QED) is 0.523. The van der Waals surface area contributed by atoms with E-state index >= 15 is 0 Å². The third-order valence-corrected chi connectivity index (χ3v) is 3.87. The zero-order chi connectivity index (χ0) is 17.4. The standard InChI is InChI=1S/C16H17N9/c1-9(2)25-8-20-13-7-18-12(3-14(13)25)11-6-19-16(24-15(11)17)23-10-4-21-22-5-10/h3-9H,1-2H3,(H,21,22)(H3,17,19,23,24). The minimum atomic E-state index is 0.301. The fourth-order valence-corrected chi connectivity index (χ4v) is 2.59. The topological polar surface area (TPSA) is 123 Å². The normalized spacial score (nSPS) is 11.3. The first-order chi connectivity index (χ1) is 12.1. The summed E-state index contributed by atoms with van der Waals surface area (Å²) in [6.07, 6.45) is 8.56. The van der Waals surface area contributed by atoms with E-state index in [2.05, 4.69) is 53.9 Å². The first kappa shape index (κ1) is 15.1. The highest BCUT2D eigenvalue weighted by Gasteiger charge is 2.12. The van der Waals surface area contributed by atoms with Crippen LogP contribution in [0.25, 0.3) is 22.3 Å². The van der Waals surface area contributed by atoms with Crippen LogP contribution in [-0.4, -0.2) is 34.7 Å². The van der Waals surface area contributed by atoms with Gasteiger partial charge in [-0.15, -0.1) is 0 Å². The van der Waals surface area contributed by atoms with Crippen molar-refractivity contribution in [3.63, 3.8) is 0 Å². The van der Waals surface area contributed by atoms with Crippen LogP contribution in [0.4, 0.5) is 17.5 Å².